The van der Waals surface area contributed by atoms with Gasteiger partial charge >= 0.3 is 5.97 Å². The van der Waals surface area contributed by atoms with Gasteiger partial charge in [-0.2, -0.15) is 0 Å². The molecule has 0 aromatic heterocycles. The van der Waals surface area contributed by atoms with E-state index in [2.05, 4.69) is 0 Å². The van der Waals surface area contributed by atoms with Crippen molar-refractivity contribution in [3.05, 3.63) is 29.8 Å². The Balaban J connectivity index is 2.76. The van der Waals surface area contributed by atoms with Crippen LogP contribution in [0.15, 0.2) is 29.2 Å². The second kappa shape index (κ2) is 6.70. The van der Waals surface area contributed by atoms with Crippen molar-refractivity contribution >= 4 is 22.9 Å². The molecule has 0 saturated heterocycles. The third-order valence-corrected chi connectivity index (χ3v) is 4.53. The number of carboxylic acid groups (broad SMARTS) is 1. The second-order valence-corrected chi connectivity index (χ2v) is 6.12. The summed E-state index contributed by atoms with van der Waals surface area (Å²) in [6.07, 6.45) is 0.213. The van der Waals surface area contributed by atoms with E-state index in [0.717, 1.165) is 5.56 Å². The highest BCUT2D eigenvalue weighted by molar-refractivity contribution is 7.92. The summed E-state index contributed by atoms with van der Waals surface area (Å²) in [6, 6.07) is 5.69. The summed E-state index contributed by atoms with van der Waals surface area (Å²) in [5.41, 5.74) is 6.19. The molecule has 1 rings (SSSR count). The summed E-state index contributed by atoms with van der Waals surface area (Å²) < 4.78 is 12.0. The molecule has 0 radical (unpaired) electrons. The minimum Gasteiger partial charge on any atom is -0.611 e. The van der Waals surface area contributed by atoms with Gasteiger partial charge in [0.15, 0.2) is 15.9 Å². The molecule has 3 N–H and O–H groups in total. The van der Waals surface area contributed by atoms with Crippen LogP contribution < -0.4 is 5.73 Å². The van der Waals surface area contributed by atoms with Crippen molar-refractivity contribution in [2.45, 2.75) is 36.5 Å². The van der Waals surface area contributed by atoms with Crippen molar-refractivity contribution in [3.63, 3.8) is 0 Å². The van der Waals surface area contributed by atoms with Crippen LogP contribution in [0.4, 0.5) is 0 Å². The van der Waals surface area contributed by atoms with Crippen molar-refractivity contribution < 1.29 is 19.2 Å². The van der Waals surface area contributed by atoms with Crippen LogP contribution in [-0.2, 0) is 27.2 Å². The molecule has 0 aliphatic heterocycles. The van der Waals surface area contributed by atoms with Gasteiger partial charge in [0.2, 0.25) is 0 Å². The fourth-order valence-corrected chi connectivity index (χ4v) is 2.57. The van der Waals surface area contributed by atoms with Crippen LogP contribution in [-0.4, -0.2) is 32.7 Å². The first-order valence-corrected chi connectivity index (χ1v) is 7.02. The van der Waals surface area contributed by atoms with E-state index in [1.54, 1.807) is 31.2 Å². The number of ketones is 1. The molecule has 3 atom stereocenters. The van der Waals surface area contributed by atoms with Crippen LogP contribution in [0.2, 0.25) is 0 Å². The zero-order valence-corrected chi connectivity index (χ0v) is 11.6. The lowest BCUT2D eigenvalue weighted by Crippen LogP contribution is -2.32. The van der Waals surface area contributed by atoms with E-state index in [-0.39, 0.29) is 12.2 Å². The number of carbonyl (C=O) groups is 2. The van der Waals surface area contributed by atoms with Gasteiger partial charge < -0.3 is 15.4 Å². The Morgan fingerprint density at radius 3 is 2.32 bits per heavy atom. The number of carboxylic acids is 1. The first-order valence-electron chi connectivity index (χ1n) is 5.81. The number of benzene rings is 1. The Labute approximate surface area is 115 Å². The highest BCUT2D eigenvalue weighted by Gasteiger charge is 2.24. The van der Waals surface area contributed by atoms with Gasteiger partial charge in [0.25, 0.3) is 0 Å². The van der Waals surface area contributed by atoms with Crippen LogP contribution >= 0.6 is 0 Å². The summed E-state index contributed by atoms with van der Waals surface area (Å²) in [5.74, 6) is -1.19. The average molecular weight is 283 g/mol. The molecule has 0 bridgehead atoms. The monoisotopic (exact) mass is 283 g/mol. The molecule has 0 fully saturated rings. The maximum atomic E-state index is 12.0. The predicted molar refractivity (Wildman–Crippen MR) is 72.3 cm³/mol. The van der Waals surface area contributed by atoms with E-state index < -0.39 is 28.4 Å². The van der Waals surface area contributed by atoms with Gasteiger partial charge in [-0.1, -0.05) is 12.1 Å². The Morgan fingerprint density at radius 2 is 1.89 bits per heavy atom. The fraction of sp³-hybridized carbons (Fsp3) is 0.385. The van der Waals surface area contributed by atoms with Gasteiger partial charge in [-0.3, -0.25) is 9.59 Å². The quantitative estimate of drug-likeness (QED) is 0.749. The molecule has 0 saturated carbocycles. The molecule has 5 nitrogen and oxygen atoms in total. The van der Waals surface area contributed by atoms with Crippen molar-refractivity contribution in [2.24, 2.45) is 5.73 Å². The zero-order valence-electron chi connectivity index (χ0n) is 10.8. The molecule has 3 unspecified atom stereocenters. The minimum absolute atomic E-state index is 0.129. The lowest BCUT2D eigenvalue weighted by molar-refractivity contribution is -0.138. The maximum absolute atomic E-state index is 12.0. The summed E-state index contributed by atoms with van der Waals surface area (Å²) in [7, 11) is 0. The molecule has 0 amide bonds. The van der Waals surface area contributed by atoms with Crippen LogP contribution in [0.1, 0.15) is 19.4 Å². The zero-order chi connectivity index (χ0) is 14.6. The average Bonchev–Trinajstić information content (AvgIpc) is 2.37. The minimum atomic E-state index is -1.39. The van der Waals surface area contributed by atoms with E-state index >= 15 is 0 Å². The van der Waals surface area contributed by atoms with Crippen LogP contribution in [0.25, 0.3) is 0 Å². The summed E-state index contributed by atoms with van der Waals surface area (Å²) in [4.78, 5) is 22.4. The molecule has 6 heteroatoms. The number of nitrogens with two attached hydrogens (primary N) is 1. The second-order valence-electron chi connectivity index (χ2n) is 4.34. The summed E-state index contributed by atoms with van der Waals surface area (Å²) in [6.45, 7) is 3.02. The van der Waals surface area contributed by atoms with Gasteiger partial charge in [0.05, 0.1) is 0 Å². The van der Waals surface area contributed by atoms with Crippen molar-refractivity contribution in [2.75, 3.05) is 0 Å². The smallest absolute Gasteiger partial charge is 0.320 e. The third-order valence-electron chi connectivity index (χ3n) is 2.82. The molecular weight excluding hydrogens is 266 g/mol. The Morgan fingerprint density at radius 1 is 1.37 bits per heavy atom. The number of Topliss-reactive ketones (excluding diaryl/α,β-unsaturated/α-hetero) is 1. The number of hydrogen-bond acceptors (Lipinski definition) is 4. The van der Waals surface area contributed by atoms with E-state index in [1.807, 2.05) is 0 Å². The Kier molecular flexibility index (Phi) is 5.53. The van der Waals surface area contributed by atoms with Crippen molar-refractivity contribution in [1.82, 2.24) is 0 Å². The van der Waals surface area contributed by atoms with E-state index in [9.17, 15) is 14.1 Å². The van der Waals surface area contributed by atoms with Gasteiger partial charge in [-0.15, -0.1) is 0 Å². The normalized spacial score (nSPS) is 15.6. The summed E-state index contributed by atoms with van der Waals surface area (Å²) in [5, 5.41) is 8.16. The first kappa shape index (κ1) is 15.7. The van der Waals surface area contributed by atoms with Gasteiger partial charge in [-0.05, 0) is 49.1 Å². The largest absolute Gasteiger partial charge is 0.611 e. The molecular formula is C13H17NO4S. The molecule has 104 valence electrons. The van der Waals surface area contributed by atoms with Gasteiger partial charge in [0.1, 0.15) is 6.04 Å². The lowest BCUT2D eigenvalue weighted by atomic mass is 10.1. The SMILES string of the molecule is CC(=O)C(C)[S+]([O-])c1ccc(CC(N)C(=O)O)cc1. The highest BCUT2D eigenvalue weighted by Crippen LogP contribution is 2.18. The predicted octanol–water partition coefficient (Wildman–Crippen LogP) is 0.726. The molecule has 0 aliphatic carbocycles. The van der Waals surface area contributed by atoms with Crippen LogP contribution in [0, 0.1) is 0 Å². The van der Waals surface area contributed by atoms with E-state index in [4.69, 9.17) is 10.8 Å². The van der Waals surface area contributed by atoms with Gasteiger partial charge in [-0.25, -0.2) is 0 Å². The van der Waals surface area contributed by atoms with E-state index in [0.29, 0.717) is 4.90 Å². The van der Waals surface area contributed by atoms with Crippen LogP contribution in [0.5, 0.6) is 0 Å². The molecule has 1 aromatic rings. The molecule has 0 aliphatic rings. The number of rotatable bonds is 6. The number of hydrogen-bond donors (Lipinski definition) is 2. The molecule has 0 heterocycles. The number of aliphatic carboxylic acids is 1. The topological polar surface area (TPSA) is 103 Å². The molecule has 19 heavy (non-hydrogen) atoms. The fourth-order valence-electron chi connectivity index (χ4n) is 1.46. The summed E-state index contributed by atoms with van der Waals surface area (Å²) >= 11 is -1.39. The molecule has 1 aromatic carbocycles. The van der Waals surface area contributed by atoms with E-state index in [1.165, 1.54) is 6.92 Å². The van der Waals surface area contributed by atoms with Gasteiger partial charge in [0, 0.05) is 0 Å². The lowest BCUT2D eigenvalue weighted by Gasteiger charge is -2.15. The molecule has 0 spiro atoms. The number of carbonyl (C=O) groups excluding carboxylic acids is 1. The Bertz CT molecular complexity index is 460. The van der Waals surface area contributed by atoms with Crippen molar-refractivity contribution in [1.29, 1.82) is 0 Å². The Hall–Kier alpha value is -1.37. The third kappa shape index (κ3) is 4.34. The standard InChI is InChI=1S/C13H17NO4S/c1-8(15)9(2)19(18)11-5-3-10(4-6-11)7-12(14)13(16)17/h3-6,9,12H,7,14H2,1-2H3,(H,16,17). The highest BCUT2D eigenvalue weighted by atomic mass is 32.2. The maximum Gasteiger partial charge on any atom is 0.320 e. The first-order chi connectivity index (χ1) is 8.82. The van der Waals surface area contributed by atoms with Crippen LogP contribution in [0.3, 0.4) is 0 Å². The van der Waals surface area contributed by atoms with Crippen molar-refractivity contribution in [3.8, 4) is 0 Å².